The van der Waals surface area contributed by atoms with E-state index in [2.05, 4.69) is 36.1 Å². The van der Waals surface area contributed by atoms with Gasteiger partial charge in [0.2, 0.25) is 5.91 Å². The number of likely N-dealkylation sites (tertiary alicyclic amines) is 1. The van der Waals surface area contributed by atoms with Crippen molar-refractivity contribution in [2.45, 2.75) is 46.1 Å². The number of aromatic nitrogens is 3. The van der Waals surface area contributed by atoms with Gasteiger partial charge < -0.3 is 10.2 Å². The number of aryl methyl sites for hydroxylation is 1. The summed E-state index contributed by atoms with van der Waals surface area (Å²) in [6.07, 6.45) is 9.05. The fourth-order valence-corrected chi connectivity index (χ4v) is 5.02. The molecule has 3 aromatic rings. The van der Waals surface area contributed by atoms with Crippen molar-refractivity contribution in [2.24, 2.45) is 11.3 Å². The molecule has 0 bridgehead atoms. The minimum Gasteiger partial charge on any atom is -0.351 e. The van der Waals surface area contributed by atoms with Gasteiger partial charge in [-0.2, -0.15) is 0 Å². The Hall–Kier alpha value is -2.74. The van der Waals surface area contributed by atoms with E-state index >= 15 is 0 Å². The number of nitrogens with zero attached hydrogens (tertiary/aromatic N) is 4. The normalized spacial score (nSPS) is 19.1. The molecular weight excluding hydrogens is 410 g/mol. The molecule has 4 heterocycles. The van der Waals surface area contributed by atoms with Gasteiger partial charge in [-0.25, -0.2) is 4.98 Å². The molecule has 164 valence electrons. The summed E-state index contributed by atoms with van der Waals surface area (Å²) < 4.78 is 1.84. The average Bonchev–Trinajstić information content (AvgIpc) is 3.42. The smallest absolute Gasteiger partial charge is 0.272 e. The lowest BCUT2D eigenvalue weighted by atomic mass is 9.82. The number of fused-ring (bicyclic) bond motifs is 1. The Balaban J connectivity index is 1.44. The van der Waals surface area contributed by atoms with E-state index in [1.165, 1.54) is 11.3 Å². The molecule has 31 heavy (non-hydrogen) atoms. The van der Waals surface area contributed by atoms with Crippen molar-refractivity contribution in [1.82, 2.24) is 24.6 Å². The predicted octanol–water partition coefficient (Wildman–Crippen LogP) is 3.42. The zero-order chi connectivity index (χ0) is 22.0. The Kier molecular flexibility index (Phi) is 6.09. The van der Waals surface area contributed by atoms with Gasteiger partial charge in [-0.1, -0.05) is 20.8 Å². The topological polar surface area (TPSA) is 79.6 Å². The van der Waals surface area contributed by atoms with Crippen molar-refractivity contribution in [2.75, 3.05) is 13.1 Å². The van der Waals surface area contributed by atoms with Crippen molar-refractivity contribution in [3.05, 3.63) is 53.6 Å². The zero-order valence-corrected chi connectivity index (χ0v) is 19.1. The van der Waals surface area contributed by atoms with Gasteiger partial charge >= 0.3 is 0 Å². The quantitative estimate of drug-likeness (QED) is 0.638. The lowest BCUT2D eigenvalue weighted by Crippen LogP contribution is -2.42. The van der Waals surface area contributed by atoms with E-state index in [9.17, 15) is 9.59 Å². The van der Waals surface area contributed by atoms with Crippen LogP contribution >= 0.6 is 11.3 Å². The molecule has 0 aromatic carbocycles. The van der Waals surface area contributed by atoms with Crippen molar-refractivity contribution in [3.63, 3.8) is 0 Å². The standard InChI is InChI=1S/C23H29N5O2S/c1-23(2,3)12-17-14-27(21(30)19-13-25-22-28(19)10-11-31-22)15-18(17)26-20(29)5-4-16-6-8-24-9-7-16/h6-11,13,17-18H,4-5,12,14-15H2,1-3H3,(H,26,29)/t17-,18-/m1/s1. The summed E-state index contributed by atoms with van der Waals surface area (Å²) in [5.74, 6) is 0.220. The molecular formula is C23H29N5O2S. The molecule has 1 aliphatic rings. The minimum atomic E-state index is -0.0426. The number of imidazole rings is 1. The minimum absolute atomic E-state index is 0.0274. The fraction of sp³-hybridized carbons (Fsp3) is 0.478. The molecule has 3 aromatic heterocycles. The van der Waals surface area contributed by atoms with E-state index in [0.717, 1.165) is 16.9 Å². The molecule has 0 saturated carbocycles. The van der Waals surface area contributed by atoms with Crippen LogP contribution in [0, 0.1) is 11.3 Å². The highest BCUT2D eigenvalue weighted by Crippen LogP contribution is 2.31. The van der Waals surface area contributed by atoms with E-state index in [0.29, 0.717) is 31.6 Å². The van der Waals surface area contributed by atoms with Crippen molar-refractivity contribution in [1.29, 1.82) is 0 Å². The molecule has 0 aliphatic carbocycles. The number of pyridine rings is 1. The van der Waals surface area contributed by atoms with Gasteiger partial charge in [-0.15, -0.1) is 11.3 Å². The van der Waals surface area contributed by atoms with Crippen molar-refractivity contribution < 1.29 is 9.59 Å². The molecule has 0 unspecified atom stereocenters. The molecule has 0 spiro atoms. The van der Waals surface area contributed by atoms with Gasteiger partial charge in [-0.3, -0.25) is 19.0 Å². The van der Waals surface area contributed by atoms with Gasteiger partial charge in [0.1, 0.15) is 5.69 Å². The van der Waals surface area contributed by atoms with E-state index in [1.807, 2.05) is 33.0 Å². The maximum atomic E-state index is 13.2. The van der Waals surface area contributed by atoms with Crippen LogP contribution in [0.25, 0.3) is 4.96 Å². The Morgan fingerprint density at radius 3 is 2.74 bits per heavy atom. The van der Waals surface area contributed by atoms with E-state index in [-0.39, 0.29) is 29.2 Å². The molecule has 1 saturated heterocycles. The van der Waals surface area contributed by atoms with Crippen molar-refractivity contribution >= 4 is 28.1 Å². The van der Waals surface area contributed by atoms with Crippen LogP contribution in [-0.4, -0.2) is 50.2 Å². The third-order valence-electron chi connectivity index (χ3n) is 5.70. The number of nitrogens with one attached hydrogen (secondary N) is 1. The van der Waals surface area contributed by atoms with Crippen LogP contribution in [0.3, 0.4) is 0 Å². The van der Waals surface area contributed by atoms with Crippen LogP contribution in [-0.2, 0) is 11.2 Å². The third kappa shape index (κ3) is 5.12. The summed E-state index contributed by atoms with van der Waals surface area (Å²) in [5.41, 5.74) is 1.79. The van der Waals surface area contributed by atoms with Crippen LogP contribution < -0.4 is 5.32 Å². The first-order valence-corrected chi connectivity index (χ1v) is 11.6. The Labute approximate surface area is 186 Å². The molecule has 8 heteroatoms. The first-order chi connectivity index (χ1) is 14.8. The van der Waals surface area contributed by atoms with Gasteiger partial charge in [0, 0.05) is 43.5 Å². The number of carbonyl (C=O) groups excluding carboxylic acids is 2. The first kappa shape index (κ1) is 21.5. The molecule has 1 aliphatic heterocycles. The van der Waals surface area contributed by atoms with Crippen LogP contribution in [0.15, 0.2) is 42.3 Å². The Morgan fingerprint density at radius 1 is 1.23 bits per heavy atom. The average molecular weight is 440 g/mol. The van der Waals surface area contributed by atoms with Crippen LogP contribution in [0.2, 0.25) is 0 Å². The summed E-state index contributed by atoms with van der Waals surface area (Å²) in [6, 6.07) is 3.82. The number of rotatable bonds is 6. The predicted molar refractivity (Wildman–Crippen MR) is 121 cm³/mol. The zero-order valence-electron chi connectivity index (χ0n) is 18.2. The fourth-order valence-electron chi connectivity index (χ4n) is 4.33. The van der Waals surface area contributed by atoms with Gasteiger partial charge in [0.15, 0.2) is 4.96 Å². The largest absolute Gasteiger partial charge is 0.351 e. The van der Waals surface area contributed by atoms with E-state index in [4.69, 9.17) is 0 Å². The third-order valence-corrected chi connectivity index (χ3v) is 6.48. The number of hydrogen-bond acceptors (Lipinski definition) is 5. The maximum absolute atomic E-state index is 13.2. The highest BCUT2D eigenvalue weighted by molar-refractivity contribution is 7.15. The second-order valence-electron chi connectivity index (χ2n) is 9.46. The molecule has 2 amide bonds. The van der Waals surface area contributed by atoms with Crippen molar-refractivity contribution in [3.8, 4) is 0 Å². The summed E-state index contributed by atoms with van der Waals surface area (Å²) in [4.78, 5) is 36.9. The van der Waals surface area contributed by atoms with Gasteiger partial charge in [0.25, 0.3) is 5.91 Å². The number of amides is 2. The molecule has 4 rings (SSSR count). The maximum Gasteiger partial charge on any atom is 0.272 e. The summed E-state index contributed by atoms with van der Waals surface area (Å²) in [7, 11) is 0. The number of thiazole rings is 1. The molecule has 1 fully saturated rings. The highest BCUT2D eigenvalue weighted by atomic mass is 32.1. The summed E-state index contributed by atoms with van der Waals surface area (Å²) in [5, 5.41) is 5.14. The Bertz CT molecular complexity index is 1050. The second kappa shape index (κ2) is 8.78. The van der Waals surface area contributed by atoms with E-state index < -0.39 is 0 Å². The van der Waals surface area contributed by atoms with Crippen LogP contribution in [0.1, 0.15) is 49.7 Å². The summed E-state index contributed by atoms with van der Waals surface area (Å²) >= 11 is 1.51. The molecule has 7 nitrogen and oxygen atoms in total. The lowest BCUT2D eigenvalue weighted by Gasteiger charge is -2.27. The first-order valence-electron chi connectivity index (χ1n) is 10.7. The SMILES string of the molecule is CC(C)(C)C[C@@H]1CN(C(=O)c2cnc3sccn23)C[C@H]1NC(=O)CCc1ccncc1. The Morgan fingerprint density at radius 2 is 2.00 bits per heavy atom. The highest BCUT2D eigenvalue weighted by Gasteiger charge is 2.38. The molecule has 1 N–H and O–H groups in total. The second-order valence-corrected chi connectivity index (χ2v) is 10.3. The monoisotopic (exact) mass is 439 g/mol. The van der Waals surface area contributed by atoms with Crippen LogP contribution in [0.5, 0.6) is 0 Å². The van der Waals surface area contributed by atoms with Crippen LogP contribution in [0.4, 0.5) is 0 Å². The summed E-state index contributed by atoms with van der Waals surface area (Å²) in [6.45, 7) is 7.77. The number of carbonyl (C=O) groups is 2. The lowest BCUT2D eigenvalue weighted by molar-refractivity contribution is -0.122. The van der Waals surface area contributed by atoms with Gasteiger partial charge in [-0.05, 0) is 41.9 Å². The van der Waals surface area contributed by atoms with E-state index in [1.54, 1.807) is 18.6 Å². The van der Waals surface area contributed by atoms with Gasteiger partial charge in [0.05, 0.1) is 12.2 Å². The number of hydrogen-bond donors (Lipinski definition) is 1. The molecule has 2 atom stereocenters. The molecule has 0 radical (unpaired) electrons.